The number of hydrogen-bond acceptors (Lipinski definition) is 3. The molecule has 1 saturated heterocycles. The fraction of sp³-hybridized carbons (Fsp3) is 0.231. The van der Waals surface area contributed by atoms with Crippen molar-refractivity contribution in [1.82, 2.24) is 4.90 Å². The molecular formula is C26H26ClN3O2. The first-order valence-electron chi connectivity index (χ1n) is 10.7. The van der Waals surface area contributed by atoms with E-state index in [0.29, 0.717) is 35.8 Å². The molecule has 32 heavy (non-hydrogen) atoms. The van der Waals surface area contributed by atoms with E-state index in [4.69, 9.17) is 11.6 Å². The summed E-state index contributed by atoms with van der Waals surface area (Å²) in [4.78, 5) is 29.3. The molecule has 1 heterocycles. The molecular weight excluding hydrogens is 422 g/mol. The van der Waals surface area contributed by atoms with E-state index in [1.54, 1.807) is 24.3 Å². The van der Waals surface area contributed by atoms with Crippen molar-refractivity contribution < 1.29 is 9.59 Å². The van der Waals surface area contributed by atoms with Gasteiger partial charge in [0, 0.05) is 37.6 Å². The van der Waals surface area contributed by atoms with E-state index in [-0.39, 0.29) is 11.8 Å². The second-order valence-corrected chi connectivity index (χ2v) is 8.36. The Balaban J connectivity index is 1.31. The summed E-state index contributed by atoms with van der Waals surface area (Å²) < 4.78 is 0. The number of carbonyl (C=O) groups excluding carboxylic acids is 2. The van der Waals surface area contributed by atoms with Crippen molar-refractivity contribution in [1.29, 1.82) is 0 Å². The molecule has 1 aliphatic heterocycles. The molecule has 0 bridgehead atoms. The molecule has 0 aromatic heterocycles. The predicted molar refractivity (Wildman–Crippen MR) is 130 cm³/mol. The van der Waals surface area contributed by atoms with Crippen molar-refractivity contribution in [3.63, 3.8) is 0 Å². The normalized spacial score (nSPS) is 13.7. The molecule has 1 aliphatic rings. The molecule has 164 valence electrons. The summed E-state index contributed by atoms with van der Waals surface area (Å²) in [6.07, 6.45) is 0.451. The summed E-state index contributed by atoms with van der Waals surface area (Å²) in [6, 6.07) is 22.8. The number of aryl methyl sites for hydroxylation is 1. The molecule has 1 fully saturated rings. The van der Waals surface area contributed by atoms with Crippen molar-refractivity contribution in [3.05, 3.63) is 94.5 Å². The van der Waals surface area contributed by atoms with Crippen molar-refractivity contribution in [2.45, 2.75) is 13.3 Å². The number of halogens is 1. The maximum absolute atomic E-state index is 12.7. The second kappa shape index (κ2) is 9.88. The van der Waals surface area contributed by atoms with E-state index < -0.39 is 0 Å². The van der Waals surface area contributed by atoms with Crippen LogP contribution in [0.15, 0.2) is 72.8 Å². The smallest absolute Gasteiger partial charge is 0.257 e. The summed E-state index contributed by atoms with van der Waals surface area (Å²) in [6.45, 7) is 5.02. The van der Waals surface area contributed by atoms with Gasteiger partial charge in [-0.15, -0.1) is 0 Å². The summed E-state index contributed by atoms with van der Waals surface area (Å²) >= 11 is 6.10. The van der Waals surface area contributed by atoms with Gasteiger partial charge in [0.1, 0.15) is 0 Å². The van der Waals surface area contributed by atoms with E-state index in [9.17, 15) is 9.59 Å². The lowest BCUT2D eigenvalue weighted by Gasteiger charge is -2.36. The average molecular weight is 448 g/mol. The number of hydrogen-bond donors (Lipinski definition) is 1. The van der Waals surface area contributed by atoms with E-state index in [1.807, 2.05) is 60.4 Å². The molecule has 0 spiro atoms. The molecule has 0 atom stereocenters. The number of nitrogens with zero attached hydrogens (tertiary/aromatic N) is 2. The quantitative estimate of drug-likeness (QED) is 0.611. The molecule has 2 amide bonds. The predicted octanol–water partition coefficient (Wildman–Crippen LogP) is 4.79. The highest BCUT2D eigenvalue weighted by molar-refractivity contribution is 6.34. The van der Waals surface area contributed by atoms with Gasteiger partial charge in [0.2, 0.25) is 5.91 Å². The highest BCUT2D eigenvalue weighted by Gasteiger charge is 2.22. The van der Waals surface area contributed by atoms with Crippen LogP contribution in [0.3, 0.4) is 0 Å². The van der Waals surface area contributed by atoms with Crippen LogP contribution in [0.1, 0.15) is 21.5 Å². The van der Waals surface area contributed by atoms with Crippen LogP contribution in [-0.2, 0) is 11.2 Å². The minimum absolute atomic E-state index is 0.177. The SMILES string of the molecule is Cc1ccccc1CC(=O)N1CCN(c2ccc(NC(=O)c3ccccc3Cl)cc2)CC1. The van der Waals surface area contributed by atoms with E-state index >= 15 is 0 Å². The number of benzene rings is 3. The third-order valence-electron chi connectivity index (χ3n) is 5.84. The Hall–Kier alpha value is -3.31. The Kier molecular flexibility index (Phi) is 6.76. The van der Waals surface area contributed by atoms with Crippen LogP contribution in [0, 0.1) is 6.92 Å². The van der Waals surface area contributed by atoms with E-state index in [1.165, 1.54) is 0 Å². The maximum Gasteiger partial charge on any atom is 0.257 e. The van der Waals surface area contributed by atoms with Crippen LogP contribution in [0.4, 0.5) is 11.4 Å². The third-order valence-corrected chi connectivity index (χ3v) is 6.17. The summed E-state index contributed by atoms with van der Waals surface area (Å²) in [5.74, 6) is -0.0549. The minimum atomic E-state index is -0.232. The average Bonchev–Trinajstić information content (AvgIpc) is 2.81. The Bertz CT molecular complexity index is 1110. The number of rotatable bonds is 5. The van der Waals surface area contributed by atoms with Crippen molar-refractivity contribution >= 4 is 34.8 Å². The largest absolute Gasteiger partial charge is 0.368 e. The van der Waals surface area contributed by atoms with Gasteiger partial charge in [-0.05, 0) is 54.4 Å². The van der Waals surface area contributed by atoms with Crippen molar-refractivity contribution in [3.8, 4) is 0 Å². The van der Waals surface area contributed by atoms with E-state index in [0.717, 1.165) is 29.9 Å². The van der Waals surface area contributed by atoms with Crippen LogP contribution in [-0.4, -0.2) is 42.9 Å². The van der Waals surface area contributed by atoms with Gasteiger partial charge in [-0.2, -0.15) is 0 Å². The Morgan fingerprint density at radius 2 is 1.53 bits per heavy atom. The fourth-order valence-electron chi connectivity index (χ4n) is 3.90. The highest BCUT2D eigenvalue weighted by atomic mass is 35.5. The van der Waals surface area contributed by atoms with Gasteiger partial charge in [-0.3, -0.25) is 9.59 Å². The number of carbonyl (C=O) groups is 2. The molecule has 0 aliphatic carbocycles. The maximum atomic E-state index is 12.7. The van der Waals surface area contributed by atoms with Crippen LogP contribution >= 0.6 is 11.6 Å². The molecule has 3 aromatic rings. The van der Waals surface area contributed by atoms with Crippen LogP contribution in [0.5, 0.6) is 0 Å². The number of nitrogens with one attached hydrogen (secondary N) is 1. The Labute approximate surface area is 193 Å². The molecule has 0 saturated carbocycles. The van der Waals surface area contributed by atoms with Gasteiger partial charge in [0.25, 0.3) is 5.91 Å². The molecule has 6 heteroatoms. The Morgan fingerprint density at radius 3 is 2.22 bits per heavy atom. The first-order chi connectivity index (χ1) is 15.5. The van der Waals surface area contributed by atoms with Gasteiger partial charge in [0.15, 0.2) is 0 Å². The van der Waals surface area contributed by atoms with Gasteiger partial charge in [-0.1, -0.05) is 48.0 Å². The van der Waals surface area contributed by atoms with Gasteiger partial charge in [0.05, 0.1) is 17.0 Å². The summed E-state index contributed by atoms with van der Waals surface area (Å²) in [5, 5.41) is 3.31. The lowest BCUT2D eigenvalue weighted by Crippen LogP contribution is -2.49. The zero-order valence-corrected chi connectivity index (χ0v) is 18.8. The van der Waals surface area contributed by atoms with Crippen molar-refractivity contribution in [2.24, 2.45) is 0 Å². The Morgan fingerprint density at radius 1 is 0.875 bits per heavy atom. The lowest BCUT2D eigenvalue weighted by atomic mass is 10.1. The number of piperazine rings is 1. The van der Waals surface area contributed by atoms with Gasteiger partial charge >= 0.3 is 0 Å². The summed E-state index contributed by atoms with van der Waals surface area (Å²) in [7, 11) is 0. The third kappa shape index (κ3) is 5.11. The first kappa shape index (κ1) is 21.9. The number of amides is 2. The zero-order valence-electron chi connectivity index (χ0n) is 18.1. The lowest BCUT2D eigenvalue weighted by molar-refractivity contribution is -0.130. The second-order valence-electron chi connectivity index (χ2n) is 7.95. The molecule has 4 rings (SSSR count). The summed E-state index contributed by atoms with van der Waals surface area (Å²) in [5.41, 5.74) is 4.48. The van der Waals surface area contributed by atoms with Crippen LogP contribution in [0.2, 0.25) is 5.02 Å². The highest BCUT2D eigenvalue weighted by Crippen LogP contribution is 2.22. The molecule has 1 N–H and O–H groups in total. The topological polar surface area (TPSA) is 52.7 Å². The number of anilines is 2. The first-order valence-corrected chi connectivity index (χ1v) is 11.1. The van der Waals surface area contributed by atoms with E-state index in [2.05, 4.69) is 10.2 Å². The minimum Gasteiger partial charge on any atom is -0.368 e. The monoisotopic (exact) mass is 447 g/mol. The standard InChI is InChI=1S/C26H26ClN3O2/c1-19-6-2-3-7-20(19)18-25(31)30-16-14-29(15-17-30)22-12-10-21(11-13-22)28-26(32)23-8-4-5-9-24(23)27/h2-13H,14-18H2,1H3,(H,28,32). The molecule has 5 nitrogen and oxygen atoms in total. The van der Waals surface area contributed by atoms with Crippen LogP contribution < -0.4 is 10.2 Å². The van der Waals surface area contributed by atoms with Gasteiger partial charge < -0.3 is 15.1 Å². The fourth-order valence-corrected chi connectivity index (χ4v) is 4.12. The molecule has 0 radical (unpaired) electrons. The van der Waals surface area contributed by atoms with Gasteiger partial charge in [-0.25, -0.2) is 0 Å². The molecule has 0 unspecified atom stereocenters. The zero-order chi connectivity index (χ0) is 22.5. The molecule has 3 aromatic carbocycles. The van der Waals surface area contributed by atoms with Crippen LogP contribution in [0.25, 0.3) is 0 Å². The van der Waals surface area contributed by atoms with Crippen molar-refractivity contribution in [2.75, 3.05) is 36.4 Å².